The molecule has 1 heterocycles. The monoisotopic (exact) mass is 360 g/mol. The van der Waals surface area contributed by atoms with Gasteiger partial charge in [0.25, 0.3) is 0 Å². The van der Waals surface area contributed by atoms with Crippen LogP contribution in [0.2, 0.25) is 5.02 Å². The van der Waals surface area contributed by atoms with Crippen LogP contribution in [0.1, 0.15) is 18.1 Å². The molecule has 0 spiro atoms. The highest BCUT2D eigenvalue weighted by atomic mass is 35.5. The Kier molecular flexibility index (Phi) is 5.16. The summed E-state index contributed by atoms with van der Waals surface area (Å²) in [6.07, 6.45) is 0. The summed E-state index contributed by atoms with van der Waals surface area (Å²) >= 11 is 6.11. The normalized spacial score (nSPS) is 13.8. The van der Waals surface area contributed by atoms with Gasteiger partial charge in [-0.3, -0.25) is 9.69 Å². The molecule has 6 heteroatoms. The Labute approximate surface area is 152 Å². The van der Waals surface area contributed by atoms with Crippen molar-refractivity contribution < 1.29 is 14.3 Å². The number of hydrogen-bond donors (Lipinski definition) is 1. The number of carbonyl (C=O) groups excluding carboxylic acids is 1. The maximum absolute atomic E-state index is 12.6. The number of fused-ring (bicyclic) bond motifs is 1. The van der Waals surface area contributed by atoms with Crippen LogP contribution < -0.4 is 14.8 Å². The largest absolute Gasteiger partial charge is 0.454 e. The number of halogens is 1. The highest BCUT2D eigenvalue weighted by Gasteiger charge is 2.20. The predicted molar refractivity (Wildman–Crippen MR) is 98.3 cm³/mol. The van der Waals surface area contributed by atoms with Gasteiger partial charge in [0, 0.05) is 17.3 Å². The molecule has 0 radical (unpaired) electrons. The number of hydrogen-bond acceptors (Lipinski definition) is 4. The van der Waals surface area contributed by atoms with Gasteiger partial charge in [0.15, 0.2) is 11.5 Å². The minimum atomic E-state index is -0.302. The number of benzene rings is 2. The fourth-order valence-electron chi connectivity index (χ4n) is 2.64. The van der Waals surface area contributed by atoms with Crippen LogP contribution in [-0.2, 0) is 11.3 Å². The molecule has 3 rings (SSSR count). The Morgan fingerprint density at radius 2 is 2.04 bits per heavy atom. The van der Waals surface area contributed by atoms with Crippen molar-refractivity contribution in [2.75, 3.05) is 19.2 Å². The summed E-state index contributed by atoms with van der Waals surface area (Å²) in [6, 6.07) is 11.0. The smallest absolute Gasteiger partial charge is 0.241 e. The fraction of sp³-hybridized carbons (Fsp3) is 0.316. The highest BCUT2D eigenvalue weighted by Crippen LogP contribution is 2.32. The van der Waals surface area contributed by atoms with Gasteiger partial charge < -0.3 is 14.8 Å². The van der Waals surface area contributed by atoms with Crippen LogP contribution in [0.5, 0.6) is 11.5 Å². The first-order valence-electron chi connectivity index (χ1n) is 8.10. The summed E-state index contributed by atoms with van der Waals surface area (Å²) in [6.45, 7) is 4.65. The molecule has 0 fully saturated rings. The van der Waals surface area contributed by atoms with Gasteiger partial charge in [-0.05, 0) is 56.3 Å². The molecule has 1 N–H and O–H groups in total. The number of nitrogens with zero attached hydrogens (tertiary/aromatic N) is 1. The van der Waals surface area contributed by atoms with Crippen LogP contribution in [0.4, 0.5) is 5.69 Å². The molecule has 0 unspecified atom stereocenters. The van der Waals surface area contributed by atoms with Crippen molar-refractivity contribution in [1.82, 2.24) is 4.90 Å². The molecule has 0 aromatic heterocycles. The van der Waals surface area contributed by atoms with Crippen LogP contribution in [0.3, 0.4) is 0 Å². The second-order valence-electron chi connectivity index (χ2n) is 6.18. The highest BCUT2D eigenvalue weighted by molar-refractivity contribution is 6.31. The average Bonchev–Trinajstić information content (AvgIpc) is 3.06. The molecule has 5 nitrogen and oxygen atoms in total. The standard InChI is InChI=1S/C19H21ClN2O3/c1-12-15(20)5-4-6-16(12)21-19(23)13(2)22(3)10-14-7-8-17-18(9-14)25-11-24-17/h4-9,13H,10-11H2,1-3H3,(H,21,23)/t13-/m1/s1. The van der Waals surface area contributed by atoms with E-state index in [9.17, 15) is 4.79 Å². The number of ether oxygens (including phenoxy) is 2. The number of nitrogens with one attached hydrogen (secondary N) is 1. The average molecular weight is 361 g/mol. The van der Waals surface area contributed by atoms with E-state index in [1.54, 1.807) is 0 Å². The van der Waals surface area contributed by atoms with Crippen molar-refractivity contribution in [2.45, 2.75) is 26.4 Å². The molecule has 0 saturated carbocycles. The molecule has 2 aromatic carbocycles. The van der Waals surface area contributed by atoms with Gasteiger partial charge in [-0.2, -0.15) is 0 Å². The maximum atomic E-state index is 12.6. The first-order valence-corrected chi connectivity index (χ1v) is 8.48. The predicted octanol–water partition coefficient (Wildman–Crippen LogP) is 3.84. The van der Waals surface area contributed by atoms with E-state index in [1.165, 1.54) is 0 Å². The lowest BCUT2D eigenvalue weighted by atomic mass is 10.1. The molecule has 25 heavy (non-hydrogen) atoms. The Morgan fingerprint density at radius 1 is 1.28 bits per heavy atom. The van der Waals surface area contributed by atoms with E-state index in [2.05, 4.69) is 5.32 Å². The summed E-state index contributed by atoms with van der Waals surface area (Å²) in [7, 11) is 1.92. The van der Waals surface area contributed by atoms with Crippen LogP contribution in [0, 0.1) is 6.92 Å². The van der Waals surface area contributed by atoms with E-state index >= 15 is 0 Å². The number of amides is 1. The van der Waals surface area contributed by atoms with Gasteiger partial charge in [0.05, 0.1) is 6.04 Å². The molecule has 1 aliphatic rings. The number of rotatable bonds is 5. The minimum Gasteiger partial charge on any atom is -0.454 e. The number of likely N-dealkylation sites (N-methyl/N-ethyl adjacent to an activating group) is 1. The lowest BCUT2D eigenvalue weighted by Crippen LogP contribution is -2.39. The van der Waals surface area contributed by atoms with Crippen molar-refractivity contribution in [3.8, 4) is 11.5 Å². The summed E-state index contributed by atoms with van der Waals surface area (Å²) < 4.78 is 10.7. The maximum Gasteiger partial charge on any atom is 0.241 e. The van der Waals surface area contributed by atoms with Crippen LogP contribution in [-0.4, -0.2) is 30.7 Å². The number of anilines is 1. The second kappa shape index (κ2) is 7.33. The third kappa shape index (κ3) is 3.89. The molecule has 1 aliphatic heterocycles. The van der Waals surface area contributed by atoms with Crippen molar-refractivity contribution in [1.29, 1.82) is 0 Å². The summed E-state index contributed by atoms with van der Waals surface area (Å²) in [4.78, 5) is 14.5. The summed E-state index contributed by atoms with van der Waals surface area (Å²) in [5.74, 6) is 1.43. The van der Waals surface area contributed by atoms with Gasteiger partial charge in [-0.1, -0.05) is 23.7 Å². The van der Waals surface area contributed by atoms with Gasteiger partial charge in [-0.15, -0.1) is 0 Å². The molecular weight excluding hydrogens is 340 g/mol. The van der Waals surface area contributed by atoms with E-state index in [1.807, 2.05) is 62.2 Å². The SMILES string of the molecule is Cc1c(Cl)cccc1NC(=O)[C@@H](C)N(C)Cc1ccc2c(c1)OCO2. The zero-order valence-electron chi connectivity index (χ0n) is 14.5. The number of carbonyl (C=O) groups is 1. The molecule has 132 valence electrons. The van der Waals surface area contributed by atoms with Crippen molar-refractivity contribution in [3.63, 3.8) is 0 Å². The van der Waals surface area contributed by atoms with E-state index in [0.717, 1.165) is 28.3 Å². The quantitative estimate of drug-likeness (QED) is 0.880. The molecule has 1 amide bonds. The Morgan fingerprint density at radius 3 is 2.84 bits per heavy atom. The molecule has 2 aromatic rings. The zero-order valence-corrected chi connectivity index (χ0v) is 15.3. The Hall–Kier alpha value is -2.24. The van der Waals surface area contributed by atoms with Gasteiger partial charge in [0.2, 0.25) is 12.7 Å². The van der Waals surface area contributed by atoms with Crippen molar-refractivity contribution >= 4 is 23.2 Å². The molecule has 1 atom stereocenters. The topological polar surface area (TPSA) is 50.8 Å². The Balaban J connectivity index is 1.64. The lowest BCUT2D eigenvalue weighted by molar-refractivity contribution is -0.120. The molecule has 0 bridgehead atoms. The summed E-state index contributed by atoms with van der Waals surface area (Å²) in [5, 5.41) is 3.59. The van der Waals surface area contributed by atoms with Gasteiger partial charge >= 0.3 is 0 Å². The van der Waals surface area contributed by atoms with Crippen molar-refractivity contribution in [2.24, 2.45) is 0 Å². The van der Waals surface area contributed by atoms with Crippen molar-refractivity contribution in [3.05, 3.63) is 52.5 Å². The molecular formula is C19H21ClN2O3. The molecule has 0 aliphatic carbocycles. The third-order valence-electron chi connectivity index (χ3n) is 4.44. The fourth-order valence-corrected chi connectivity index (χ4v) is 2.82. The first-order chi connectivity index (χ1) is 12.0. The van der Waals surface area contributed by atoms with E-state index in [0.29, 0.717) is 11.6 Å². The van der Waals surface area contributed by atoms with Gasteiger partial charge in [0.1, 0.15) is 0 Å². The zero-order chi connectivity index (χ0) is 18.0. The summed E-state index contributed by atoms with van der Waals surface area (Å²) in [5.41, 5.74) is 2.66. The third-order valence-corrected chi connectivity index (χ3v) is 4.84. The van der Waals surface area contributed by atoms with Crippen LogP contribution in [0.25, 0.3) is 0 Å². The Bertz CT molecular complexity index is 794. The first kappa shape index (κ1) is 17.6. The van der Waals surface area contributed by atoms with E-state index in [-0.39, 0.29) is 18.7 Å². The minimum absolute atomic E-state index is 0.0754. The second-order valence-corrected chi connectivity index (χ2v) is 6.59. The lowest BCUT2D eigenvalue weighted by Gasteiger charge is -2.24. The van der Waals surface area contributed by atoms with Crippen LogP contribution >= 0.6 is 11.6 Å². The molecule has 0 saturated heterocycles. The van der Waals surface area contributed by atoms with Gasteiger partial charge in [-0.25, -0.2) is 0 Å². The van der Waals surface area contributed by atoms with E-state index in [4.69, 9.17) is 21.1 Å². The van der Waals surface area contributed by atoms with E-state index < -0.39 is 0 Å². The van der Waals surface area contributed by atoms with Crippen LogP contribution in [0.15, 0.2) is 36.4 Å².